The van der Waals surface area contributed by atoms with Crippen molar-refractivity contribution in [3.8, 4) is 0 Å². The minimum Gasteiger partial charge on any atom is -0.480 e. The third-order valence-corrected chi connectivity index (χ3v) is 3.66. The Bertz CT molecular complexity index is 338. The van der Waals surface area contributed by atoms with Crippen LogP contribution in [0.15, 0.2) is 0 Å². The first-order valence-corrected chi connectivity index (χ1v) is 7.23. The summed E-state index contributed by atoms with van der Waals surface area (Å²) in [4.78, 5) is 25.2. The number of carbonyl (C=O) groups excluding carboxylic acids is 1. The summed E-state index contributed by atoms with van der Waals surface area (Å²) in [6.45, 7) is 9.30. The third-order valence-electron chi connectivity index (χ3n) is 3.66. The predicted molar refractivity (Wildman–Crippen MR) is 75.5 cm³/mol. The van der Waals surface area contributed by atoms with Crippen LogP contribution in [0.25, 0.3) is 0 Å². The van der Waals surface area contributed by atoms with Crippen molar-refractivity contribution >= 4 is 11.9 Å². The van der Waals surface area contributed by atoms with Gasteiger partial charge in [-0.1, -0.05) is 20.3 Å². The van der Waals surface area contributed by atoms with Gasteiger partial charge in [0, 0.05) is 13.1 Å². The van der Waals surface area contributed by atoms with Gasteiger partial charge in [-0.3, -0.25) is 9.69 Å². The first kappa shape index (κ1) is 16.9. The number of carboxylic acid groups (broad SMARTS) is 1. The fourth-order valence-corrected chi connectivity index (χ4v) is 2.52. The molecule has 116 valence electrons. The van der Waals surface area contributed by atoms with Crippen molar-refractivity contribution in [3.05, 3.63) is 0 Å². The molecule has 4 atom stereocenters. The Morgan fingerprint density at radius 1 is 1.35 bits per heavy atom. The Morgan fingerprint density at radius 2 is 1.90 bits per heavy atom. The van der Waals surface area contributed by atoms with Gasteiger partial charge in [0.05, 0.1) is 18.8 Å². The summed E-state index contributed by atoms with van der Waals surface area (Å²) in [5.74, 6) is -1.30. The van der Waals surface area contributed by atoms with Crippen LogP contribution in [0.4, 0.5) is 0 Å². The maximum atomic E-state index is 12.0. The number of aliphatic carboxylic acids is 1. The molecule has 4 unspecified atom stereocenters. The summed E-state index contributed by atoms with van der Waals surface area (Å²) in [6, 6.07) is -0.816. The highest BCUT2D eigenvalue weighted by molar-refractivity contribution is 5.84. The van der Waals surface area contributed by atoms with E-state index >= 15 is 0 Å². The zero-order valence-corrected chi connectivity index (χ0v) is 12.8. The first-order chi connectivity index (χ1) is 9.33. The summed E-state index contributed by atoms with van der Waals surface area (Å²) in [6.07, 6.45) is 0.899. The van der Waals surface area contributed by atoms with Gasteiger partial charge in [-0.15, -0.1) is 0 Å². The van der Waals surface area contributed by atoms with Crippen LogP contribution in [0.3, 0.4) is 0 Å². The topological polar surface area (TPSA) is 78.9 Å². The molecule has 1 aliphatic rings. The monoisotopic (exact) mass is 286 g/mol. The molecular weight excluding hydrogens is 260 g/mol. The van der Waals surface area contributed by atoms with E-state index in [-0.39, 0.29) is 30.6 Å². The maximum absolute atomic E-state index is 12.0. The van der Waals surface area contributed by atoms with E-state index in [1.165, 1.54) is 0 Å². The van der Waals surface area contributed by atoms with Gasteiger partial charge in [0.15, 0.2) is 0 Å². The molecule has 0 aromatic rings. The molecule has 1 rings (SSSR count). The van der Waals surface area contributed by atoms with E-state index in [4.69, 9.17) is 9.84 Å². The van der Waals surface area contributed by atoms with Gasteiger partial charge < -0.3 is 15.2 Å². The number of ether oxygens (including phenoxy) is 1. The highest BCUT2D eigenvalue weighted by Gasteiger charge is 2.28. The number of carboxylic acids is 1. The Kier molecular flexibility index (Phi) is 6.42. The lowest BCUT2D eigenvalue weighted by Crippen LogP contribution is -2.52. The highest BCUT2D eigenvalue weighted by atomic mass is 16.5. The van der Waals surface area contributed by atoms with Gasteiger partial charge in [0.25, 0.3) is 0 Å². The predicted octanol–water partition coefficient (Wildman–Crippen LogP) is 0.711. The zero-order chi connectivity index (χ0) is 15.3. The molecule has 6 nitrogen and oxygen atoms in total. The smallest absolute Gasteiger partial charge is 0.326 e. The molecule has 0 spiro atoms. The molecule has 6 heteroatoms. The molecule has 1 amide bonds. The number of hydrogen-bond donors (Lipinski definition) is 2. The van der Waals surface area contributed by atoms with Gasteiger partial charge in [-0.25, -0.2) is 4.79 Å². The van der Waals surface area contributed by atoms with Crippen LogP contribution in [0, 0.1) is 5.92 Å². The Hall–Kier alpha value is -1.14. The van der Waals surface area contributed by atoms with Gasteiger partial charge in [-0.05, 0) is 19.8 Å². The molecule has 0 bridgehead atoms. The number of nitrogens with one attached hydrogen (secondary N) is 1. The minimum atomic E-state index is -0.976. The van der Waals surface area contributed by atoms with E-state index < -0.39 is 12.0 Å². The summed E-state index contributed by atoms with van der Waals surface area (Å²) in [5, 5.41) is 11.8. The van der Waals surface area contributed by atoms with Crippen molar-refractivity contribution in [2.45, 2.75) is 52.4 Å². The van der Waals surface area contributed by atoms with Gasteiger partial charge in [-0.2, -0.15) is 0 Å². The third kappa shape index (κ3) is 5.09. The van der Waals surface area contributed by atoms with E-state index in [1.54, 1.807) is 0 Å². The maximum Gasteiger partial charge on any atom is 0.326 e. The van der Waals surface area contributed by atoms with Crippen LogP contribution < -0.4 is 5.32 Å². The second-order valence-corrected chi connectivity index (χ2v) is 5.72. The largest absolute Gasteiger partial charge is 0.480 e. The summed E-state index contributed by atoms with van der Waals surface area (Å²) in [5.41, 5.74) is 0. The van der Waals surface area contributed by atoms with E-state index in [0.717, 1.165) is 0 Å². The van der Waals surface area contributed by atoms with Crippen LogP contribution in [-0.4, -0.2) is 59.8 Å². The van der Waals surface area contributed by atoms with Crippen molar-refractivity contribution in [3.63, 3.8) is 0 Å². The molecule has 2 N–H and O–H groups in total. The van der Waals surface area contributed by atoms with E-state index in [1.807, 2.05) is 32.6 Å². The lowest BCUT2D eigenvalue weighted by Gasteiger charge is -2.35. The normalized spacial score (nSPS) is 26.8. The van der Waals surface area contributed by atoms with E-state index in [2.05, 4.69) is 5.32 Å². The molecule has 0 aliphatic carbocycles. The molecule has 0 saturated carbocycles. The molecule has 20 heavy (non-hydrogen) atoms. The van der Waals surface area contributed by atoms with Gasteiger partial charge in [0.2, 0.25) is 5.91 Å². The van der Waals surface area contributed by atoms with E-state index in [0.29, 0.717) is 19.5 Å². The average molecular weight is 286 g/mol. The number of morpholine rings is 1. The van der Waals surface area contributed by atoms with Gasteiger partial charge in [0.1, 0.15) is 6.04 Å². The van der Waals surface area contributed by atoms with Crippen molar-refractivity contribution in [1.29, 1.82) is 0 Å². The van der Waals surface area contributed by atoms with Crippen molar-refractivity contribution < 1.29 is 19.4 Å². The first-order valence-electron chi connectivity index (χ1n) is 7.23. The number of rotatable bonds is 6. The molecule has 1 heterocycles. The Morgan fingerprint density at radius 3 is 2.35 bits per heavy atom. The second-order valence-electron chi connectivity index (χ2n) is 5.72. The lowest BCUT2D eigenvalue weighted by atomic mass is 9.99. The second kappa shape index (κ2) is 7.59. The number of amides is 1. The molecule has 1 saturated heterocycles. The van der Waals surface area contributed by atoms with E-state index in [9.17, 15) is 9.59 Å². The van der Waals surface area contributed by atoms with Gasteiger partial charge >= 0.3 is 5.97 Å². The fraction of sp³-hybridized carbons (Fsp3) is 0.857. The Balaban J connectivity index is 2.51. The SMILES string of the molecule is CCC(C)C(NC(=O)CN1CC(C)OC(C)C1)C(=O)O. The quantitative estimate of drug-likeness (QED) is 0.752. The molecule has 1 fully saturated rings. The molecular formula is C14H26N2O4. The number of nitrogens with zero attached hydrogens (tertiary/aromatic N) is 1. The average Bonchev–Trinajstić information content (AvgIpc) is 2.33. The van der Waals surface area contributed by atoms with Crippen LogP contribution in [-0.2, 0) is 14.3 Å². The van der Waals surface area contributed by atoms with Crippen LogP contribution in [0.1, 0.15) is 34.1 Å². The highest BCUT2D eigenvalue weighted by Crippen LogP contribution is 2.11. The van der Waals surface area contributed by atoms with Crippen molar-refractivity contribution in [1.82, 2.24) is 10.2 Å². The van der Waals surface area contributed by atoms with Crippen LogP contribution in [0.2, 0.25) is 0 Å². The van der Waals surface area contributed by atoms with Crippen molar-refractivity contribution in [2.75, 3.05) is 19.6 Å². The van der Waals surface area contributed by atoms with Crippen LogP contribution in [0.5, 0.6) is 0 Å². The summed E-state index contributed by atoms with van der Waals surface area (Å²) >= 11 is 0. The Labute approximate surface area is 120 Å². The molecule has 0 radical (unpaired) electrons. The molecule has 0 aromatic heterocycles. The minimum absolute atomic E-state index is 0.0843. The molecule has 1 aliphatic heterocycles. The summed E-state index contributed by atoms with van der Waals surface area (Å²) in [7, 11) is 0. The molecule has 0 aromatic carbocycles. The van der Waals surface area contributed by atoms with Crippen molar-refractivity contribution in [2.24, 2.45) is 5.92 Å². The van der Waals surface area contributed by atoms with Crippen LogP contribution >= 0.6 is 0 Å². The zero-order valence-electron chi connectivity index (χ0n) is 12.8. The number of carbonyl (C=O) groups is 2. The lowest BCUT2D eigenvalue weighted by molar-refractivity contribution is -0.144. The number of hydrogen-bond acceptors (Lipinski definition) is 4. The fourth-order valence-electron chi connectivity index (χ4n) is 2.52. The summed E-state index contributed by atoms with van der Waals surface area (Å²) < 4.78 is 5.61. The standard InChI is InChI=1S/C14H26N2O4/c1-5-9(2)13(14(18)19)15-12(17)8-16-6-10(3)20-11(4)7-16/h9-11,13H,5-8H2,1-4H3,(H,15,17)(H,18,19).